The standard InChI is InChI=1S/C31H32F2N6O3/c1-31(29(40)39-15-3-2-4-16-39)18-41-28(42-19-31)27-37-25(21-7-11-23(33)12-8-21)26(38-27)24-13-14-34-30(36-24)35-17-20-5-9-22(32)10-6-20/h5-14,28H,2-4,15-19H2,1H3,(H,37,38)(H,34,35,36). The van der Waals surface area contributed by atoms with E-state index in [4.69, 9.17) is 14.5 Å². The largest absolute Gasteiger partial charge is 0.350 e. The number of aromatic amines is 1. The highest BCUT2D eigenvalue weighted by Gasteiger charge is 2.43. The lowest BCUT2D eigenvalue weighted by molar-refractivity contribution is -0.234. The van der Waals surface area contributed by atoms with E-state index in [1.54, 1.807) is 36.5 Å². The summed E-state index contributed by atoms with van der Waals surface area (Å²) in [5.74, 6) is 0.173. The van der Waals surface area contributed by atoms with Gasteiger partial charge >= 0.3 is 0 Å². The summed E-state index contributed by atoms with van der Waals surface area (Å²) in [7, 11) is 0. The number of piperidine rings is 1. The molecule has 2 N–H and O–H groups in total. The topological polar surface area (TPSA) is 105 Å². The lowest BCUT2D eigenvalue weighted by Gasteiger charge is -2.40. The number of halogens is 2. The molecule has 42 heavy (non-hydrogen) atoms. The fourth-order valence-electron chi connectivity index (χ4n) is 5.24. The molecule has 11 heteroatoms. The van der Waals surface area contributed by atoms with Gasteiger partial charge in [-0.05, 0) is 74.2 Å². The van der Waals surface area contributed by atoms with Crippen molar-refractivity contribution in [2.45, 2.75) is 39.0 Å². The predicted octanol–water partition coefficient (Wildman–Crippen LogP) is 5.49. The van der Waals surface area contributed by atoms with Crippen LogP contribution in [0.1, 0.15) is 43.9 Å². The molecule has 0 aliphatic carbocycles. The first-order valence-electron chi connectivity index (χ1n) is 14.1. The maximum absolute atomic E-state index is 13.7. The molecule has 0 saturated carbocycles. The van der Waals surface area contributed by atoms with Crippen molar-refractivity contribution in [1.82, 2.24) is 24.8 Å². The molecular weight excluding hydrogens is 542 g/mol. The van der Waals surface area contributed by atoms with E-state index in [1.807, 2.05) is 11.8 Å². The third-order valence-electron chi connectivity index (χ3n) is 7.60. The number of hydrogen-bond donors (Lipinski definition) is 2. The van der Waals surface area contributed by atoms with Crippen molar-refractivity contribution >= 4 is 11.9 Å². The van der Waals surface area contributed by atoms with E-state index in [0.717, 1.165) is 37.9 Å². The van der Waals surface area contributed by atoms with Gasteiger partial charge < -0.3 is 24.7 Å². The second kappa shape index (κ2) is 11.9. The van der Waals surface area contributed by atoms with Crippen LogP contribution in [0.25, 0.3) is 22.6 Å². The van der Waals surface area contributed by atoms with Crippen LogP contribution in [-0.2, 0) is 20.8 Å². The molecule has 0 radical (unpaired) electrons. The van der Waals surface area contributed by atoms with Crippen LogP contribution in [0.3, 0.4) is 0 Å². The quantitative estimate of drug-likeness (QED) is 0.301. The van der Waals surface area contributed by atoms with E-state index in [-0.39, 0.29) is 30.8 Å². The number of anilines is 1. The van der Waals surface area contributed by atoms with Gasteiger partial charge in [-0.2, -0.15) is 0 Å². The van der Waals surface area contributed by atoms with Crippen molar-refractivity contribution < 1.29 is 23.0 Å². The first-order valence-corrected chi connectivity index (χ1v) is 14.1. The molecule has 2 saturated heterocycles. The van der Waals surface area contributed by atoms with E-state index < -0.39 is 11.7 Å². The molecule has 2 aromatic heterocycles. The second-order valence-electron chi connectivity index (χ2n) is 11.0. The molecule has 2 aromatic carbocycles. The fraction of sp³-hybridized carbons (Fsp3) is 0.355. The molecule has 4 aromatic rings. The molecule has 2 fully saturated rings. The van der Waals surface area contributed by atoms with Crippen LogP contribution in [-0.4, -0.2) is 57.0 Å². The summed E-state index contributed by atoms with van der Waals surface area (Å²) < 4.78 is 39.2. The number of benzene rings is 2. The molecule has 9 nitrogen and oxygen atoms in total. The summed E-state index contributed by atoms with van der Waals surface area (Å²) in [5.41, 5.74) is 2.44. The number of hydrogen-bond acceptors (Lipinski definition) is 7. The van der Waals surface area contributed by atoms with Gasteiger partial charge in [0.25, 0.3) is 0 Å². The van der Waals surface area contributed by atoms with Crippen molar-refractivity contribution in [3.05, 3.63) is 83.8 Å². The van der Waals surface area contributed by atoms with Crippen LogP contribution in [0.15, 0.2) is 60.8 Å². The Hall–Kier alpha value is -4.22. The third kappa shape index (κ3) is 6.02. The van der Waals surface area contributed by atoms with Crippen molar-refractivity contribution in [2.75, 3.05) is 31.6 Å². The molecule has 4 heterocycles. The normalized spacial score (nSPS) is 20.8. The maximum atomic E-state index is 13.7. The van der Waals surface area contributed by atoms with Crippen LogP contribution < -0.4 is 5.32 Å². The Balaban J connectivity index is 1.24. The summed E-state index contributed by atoms with van der Waals surface area (Å²) in [4.78, 5) is 32.2. The van der Waals surface area contributed by atoms with E-state index in [2.05, 4.69) is 20.3 Å². The maximum Gasteiger partial charge on any atom is 0.233 e. The highest BCUT2D eigenvalue weighted by Crippen LogP contribution is 2.36. The average Bonchev–Trinajstić information content (AvgIpc) is 3.47. The minimum atomic E-state index is -0.821. The zero-order valence-electron chi connectivity index (χ0n) is 23.3. The molecule has 0 spiro atoms. The number of imidazole rings is 1. The van der Waals surface area contributed by atoms with Crippen molar-refractivity contribution in [1.29, 1.82) is 0 Å². The van der Waals surface area contributed by atoms with Gasteiger partial charge in [0, 0.05) is 31.4 Å². The summed E-state index contributed by atoms with van der Waals surface area (Å²) in [6, 6.07) is 13.9. The lowest BCUT2D eigenvalue weighted by Crippen LogP contribution is -2.51. The number of rotatable bonds is 7. The van der Waals surface area contributed by atoms with Crippen LogP contribution in [0.4, 0.5) is 14.7 Å². The number of nitrogens with one attached hydrogen (secondary N) is 2. The SMILES string of the molecule is CC1(C(=O)N2CCCCC2)COC(c2nc(-c3ccc(F)cc3)c(-c3ccnc(NCc4ccc(F)cc4)n3)[nH]2)OC1. The Bertz CT molecular complexity index is 1530. The van der Waals surface area contributed by atoms with Crippen molar-refractivity contribution in [3.63, 3.8) is 0 Å². The molecule has 2 aliphatic rings. The number of likely N-dealkylation sites (tertiary alicyclic amines) is 1. The van der Waals surface area contributed by atoms with Gasteiger partial charge in [0.2, 0.25) is 18.1 Å². The highest BCUT2D eigenvalue weighted by molar-refractivity contribution is 5.83. The number of ether oxygens (including phenoxy) is 2. The summed E-state index contributed by atoms with van der Waals surface area (Å²) in [5, 5.41) is 3.16. The molecule has 0 unspecified atom stereocenters. The molecular formula is C31H32F2N6O3. The minimum absolute atomic E-state index is 0.0504. The summed E-state index contributed by atoms with van der Waals surface area (Å²) >= 11 is 0. The number of amides is 1. The zero-order chi connectivity index (χ0) is 29.1. The molecule has 1 amide bonds. The average molecular weight is 575 g/mol. The fourth-order valence-corrected chi connectivity index (χ4v) is 5.24. The van der Waals surface area contributed by atoms with Gasteiger partial charge in [-0.25, -0.2) is 23.7 Å². The van der Waals surface area contributed by atoms with E-state index in [0.29, 0.717) is 41.0 Å². The second-order valence-corrected chi connectivity index (χ2v) is 11.0. The first kappa shape index (κ1) is 27.9. The van der Waals surface area contributed by atoms with Crippen LogP contribution in [0.2, 0.25) is 0 Å². The summed E-state index contributed by atoms with van der Waals surface area (Å²) in [6.07, 6.45) is 3.97. The minimum Gasteiger partial charge on any atom is -0.350 e. The molecule has 0 bridgehead atoms. The molecule has 2 aliphatic heterocycles. The van der Waals surface area contributed by atoms with Crippen LogP contribution in [0.5, 0.6) is 0 Å². The molecule has 6 rings (SSSR count). The van der Waals surface area contributed by atoms with Gasteiger partial charge in [0.15, 0.2) is 5.82 Å². The van der Waals surface area contributed by atoms with Crippen molar-refractivity contribution in [3.8, 4) is 22.6 Å². The molecule has 0 atom stereocenters. The number of H-pyrrole nitrogens is 1. The van der Waals surface area contributed by atoms with Crippen LogP contribution in [0, 0.1) is 17.0 Å². The number of nitrogens with zero attached hydrogens (tertiary/aromatic N) is 4. The van der Waals surface area contributed by atoms with E-state index >= 15 is 0 Å². The Morgan fingerprint density at radius 3 is 2.33 bits per heavy atom. The monoisotopic (exact) mass is 574 g/mol. The number of carbonyl (C=O) groups is 1. The number of carbonyl (C=O) groups excluding carboxylic acids is 1. The van der Waals surface area contributed by atoms with E-state index in [1.165, 1.54) is 24.3 Å². The first-order chi connectivity index (χ1) is 20.4. The highest BCUT2D eigenvalue weighted by atomic mass is 19.1. The zero-order valence-corrected chi connectivity index (χ0v) is 23.3. The Labute approximate surface area is 242 Å². The smallest absolute Gasteiger partial charge is 0.233 e. The third-order valence-corrected chi connectivity index (χ3v) is 7.60. The van der Waals surface area contributed by atoms with Gasteiger partial charge in [0.05, 0.1) is 35.7 Å². The Kier molecular flexibility index (Phi) is 7.94. The lowest BCUT2D eigenvalue weighted by atomic mass is 9.89. The predicted molar refractivity (Wildman–Crippen MR) is 152 cm³/mol. The van der Waals surface area contributed by atoms with Gasteiger partial charge in [-0.15, -0.1) is 0 Å². The summed E-state index contributed by atoms with van der Waals surface area (Å²) in [6.45, 7) is 4.19. The Morgan fingerprint density at radius 1 is 0.976 bits per heavy atom. The van der Waals surface area contributed by atoms with Gasteiger partial charge in [-0.3, -0.25) is 4.79 Å². The van der Waals surface area contributed by atoms with Crippen molar-refractivity contribution in [2.24, 2.45) is 5.41 Å². The number of aromatic nitrogens is 4. The molecule has 218 valence electrons. The van der Waals surface area contributed by atoms with Gasteiger partial charge in [-0.1, -0.05) is 12.1 Å². The van der Waals surface area contributed by atoms with Crippen LogP contribution >= 0.6 is 0 Å². The van der Waals surface area contributed by atoms with E-state index in [9.17, 15) is 13.6 Å². The van der Waals surface area contributed by atoms with Gasteiger partial charge in [0.1, 0.15) is 11.6 Å². The Morgan fingerprint density at radius 2 is 1.64 bits per heavy atom.